The van der Waals surface area contributed by atoms with E-state index in [0.29, 0.717) is 54.8 Å². The van der Waals surface area contributed by atoms with Crippen molar-refractivity contribution in [2.75, 3.05) is 5.75 Å². The number of rotatable bonds is 7. The van der Waals surface area contributed by atoms with Crippen molar-refractivity contribution in [3.63, 3.8) is 0 Å². The molecule has 0 heterocycles. The number of nitrogens with one attached hydrogen (secondary N) is 1. The average molecular weight is 526 g/mol. The Morgan fingerprint density at radius 1 is 1.00 bits per heavy atom. The van der Waals surface area contributed by atoms with Crippen molar-refractivity contribution in [2.45, 2.75) is 116 Å². The smallest absolute Gasteiger partial charge is 0.267 e. The van der Waals surface area contributed by atoms with Crippen molar-refractivity contribution >= 4 is 16.0 Å². The molecule has 5 fully saturated rings. The van der Waals surface area contributed by atoms with Gasteiger partial charge in [0.25, 0.3) is 10.1 Å². The van der Waals surface area contributed by atoms with E-state index in [1.165, 1.54) is 12.8 Å². The van der Waals surface area contributed by atoms with Crippen LogP contribution >= 0.6 is 0 Å². The van der Waals surface area contributed by atoms with Crippen molar-refractivity contribution in [3.05, 3.63) is 0 Å². The Kier molecular flexibility index (Phi) is 6.87. The summed E-state index contributed by atoms with van der Waals surface area (Å²) >= 11 is 0. The van der Waals surface area contributed by atoms with Crippen LogP contribution in [0.15, 0.2) is 0 Å². The number of fused-ring (bicyclic) bond motifs is 5. The number of carbonyl (C=O) groups excluding carboxylic acids is 1. The lowest BCUT2D eigenvalue weighted by atomic mass is 9.43. The van der Waals surface area contributed by atoms with Gasteiger partial charge in [-0.3, -0.25) is 9.35 Å². The minimum Gasteiger partial charge on any atom is -0.393 e. The highest BCUT2D eigenvalue weighted by molar-refractivity contribution is 7.85. The van der Waals surface area contributed by atoms with Gasteiger partial charge in [0.2, 0.25) is 5.91 Å². The minimum atomic E-state index is -4.12. The summed E-state index contributed by atoms with van der Waals surface area (Å²) in [6.07, 6.45) is 10.1. The molecule has 0 spiro atoms. The molecule has 206 valence electrons. The Morgan fingerprint density at radius 3 is 2.39 bits per heavy atom. The first-order valence-corrected chi connectivity index (χ1v) is 16.0. The molecule has 0 aliphatic heterocycles. The zero-order chi connectivity index (χ0) is 26.1. The molecule has 4 N–H and O–H groups in total. The van der Waals surface area contributed by atoms with E-state index in [9.17, 15) is 28.0 Å². The summed E-state index contributed by atoms with van der Waals surface area (Å²) in [5.41, 5.74) is -0.679. The molecule has 7 nitrogen and oxygen atoms in total. The molecule has 8 heteroatoms. The molecule has 1 amide bonds. The standard InChI is InChI=1S/C28H47NO6S/c1-17(4-9-25(32)29-28(12-13-28)16-36(33,34)35)21-7-8-22-20-6-5-18-14-19(30)10-11-26(18,2)23(20)15-24(31)27(21,22)3/h17-24,30-31H,4-16H2,1-3H3,(H,29,32)(H,33,34,35)/t17-,18-,19-,20+,21-,22+,23+,24+,26+,27-/m1/s1. The highest BCUT2D eigenvalue weighted by Gasteiger charge is 2.63. The van der Waals surface area contributed by atoms with Crippen molar-refractivity contribution < 1.29 is 28.0 Å². The Bertz CT molecular complexity index is 965. The van der Waals surface area contributed by atoms with Crippen LogP contribution in [0.25, 0.3) is 0 Å². The molecule has 0 radical (unpaired) electrons. The Morgan fingerprint density at radius 2 is 1.72 bits per heavy atom. The van der Waals surface area contributed by atoms with Crippen LogP contribution in [0.2, 0.25) is 0 Å². The molecule has 36 heavy (non-hydrogen) atoms. The van der Waals surface area contributed by atoms with Crippen LogP contribution < -0.4 is 5.32 Å². The highest BCUT2D eigenvalue weighted by Crippen LogP contribution is 2.68. The molecule has 10 atom stereocenters. The molecule has 0 aromatic carbocycles. The fraction of sp³-hybridized carbons (Fsp3) is 0.964. The monoisotopic (exact) mass is 525 g/mol. The Labute approximate surface area is 216 Å². The zero-order valence-electron chi connectivity index (χ0n) is 22.3. The largest absolute Gasteiger partial charge is 0.393 e. The quantitative estimate of drug-likeness (QED) is 0.374. The van der Waals surface area contributed by atoms with Crippen LogP contribution in [0.3, 0.4) is 0 Å². The number of carbonyl (C=O) groups is 1. The van der Waals surface area contributed by atoms with Gasteiger partial charge in [-0.05, 0) is 117 Å². The van der Waals surface area contributed by atoms with E-state index in [0.717, 1.165) is 44.9 Å². The zero-order valence-corrected chi connectivity index (χ0v) is 23.1. The van der Waals surface area contributed by atoms with Gasteiger partial charge in [-0.15, -0.1) is 0 Å². The number of hydrogen-bond acceptors (Lipinski definition) is 5. The van der Waals surface area contributed by atoms with Gasteiger partial charge >= 0.3 is 0 Å². The third kappa shape index (κ3) is 4.66. The van der Waals surface area contributed by atoms with Crippen LogP contribution in [0.5, 0.6) is 0 Å². The van der Waals surface area contributed by atoms with E-state index in [2.05, 4.69) is 26.1 Å². The first-order chi connectivity index (χ1) is 16.8. The minimum absolute atomic E-state index is 0.128. The van der Waals surface area contributed by atoms with Crippen LogP contribution in [0, 0.1) is 46.3 Å². The van der Waals surface area contributed by atoms with Crippen molar-refractivity contribution in [1.82, 2.24) is 5.32 Å². The lowest BCUT2D eigenvalue weighted by molar-refractivity contribution is -0.175. The second-order valence-electron chi connectivity index (χ2n) is 14.0. The van der Waals surface area contributed by atoms with Gasteiger partial charge in [0.1, 0.15) is 0 Å². The van der Waals surface area contributed by atoms with Gasteiger partial charge in [-0.1, -0.05) is 20.8 Å². The van der Waals surface area contributed by atoms with Gasteiger partial charge in [0.05, 0.1) is 23.5 Å². The number of amides is 1. The molecule has 5 aliphatic carbocycles. The summed E-state index contributed by atoms with van der Waals surface area (Å²) in [6.45, 7) is 6.98. The van der Waals surface area contributed by atoms with Crippen LogP contribution in [0.4, 0.5) is 0 Å². The van der Waals surface area contributed by atoms with Crippen molar-refractivity contribution in [3.8, 4) is 0 Å². The maximum absolute atomic E-state index is 12.7. The van der Waals surface area contributed by atoms with Gasteiger partial charge in [0.15, 0.2) is 0 Å². The molecule has 0 aromatic rings. The lowest BCUT2D eigenvalue weighted by Gasteiger charge is -2.62. The number of hydrogen-bond donors (Lipinski definition) is 4. The van der Waals surface area contributed by atoms with Gasteiger partial charge in [0, 0.05) is 6.42 Å². The number of aliphatic hydroxyl groups excluding tert-OH is 2. The van der Waals surface area contributed by atoms with E-state index < -0.39 is 21.4 Å². The summed E-state index contributed by atoms with van der Waals surface area (Å²) in [5.74, 6) is 2.39. The van der Waals surface area contributed by atoms with E-state index >= 15 is 0 Å². The van der Waals surface area contributed by atoms with Crippen molar-refractivity contribution in [1.29, 1.82) is 0 Å². The molecule has 5 saturated carbocycles. The summed E-state index contributed by atoms with van der Waals surface area (Å²) in [5, 5.41) is 24.8. The predicted octanol–water partition coefficient (Wildman–Crippen LogP) is 3.93. The maximum atomic E-state index is 12.7. The fourth-order valence-electron chi connectivity index (χ4n) is 9.88. The van der Waals surface area contributed by atoms with Gasteiger partial charge < -0.3 is 15.5 Å². The first kappa shape index (κ1) is 26.9. The topological polar surface area (TPSA) is 124 Å². The van der Waals surface area contributed by atoms with Crippen molar-refractivity contribution in [2.24, 2.45) is 46.3 Å². The SMILES string of the molecule is C[C@H](CCC(=O)NC1(CS(=O)(=O)O)CC1)[C@H]1CC[C@H]2[C@@H]3CC[C@@H]4C[C@H](O)CC[C@]4(C)[C@H]3C[C@H](O)[C@]12C. The molecule has 0 bridgehead atoms. The number of aliphatic hydroxyl groups is 2. The van der Waals surface area contributed by atoms with E-state index in [1.807, 2.05) is 0 Å². The third-order valence-corrected chi connectivity index (χ3v) is 13.0. The summed E-state index contributed by atoms with van der Waals surface area (Å²) < 4.78 is 31.8. The lowest BCUT2D eigenvalue weighted by Crippen LogP contribution is -2.58. The maximum Gasteiger partial charge on any atom is 0.267 e. The second kappa shape index (κ2) is 9.20. The van der Waals surface area contributed by atoms with E-state index in [4.69, 9.17) is 0 Å². The molecule has 0 unspecified atom stereocenters. The Hall–Kier alpha value is -0.700. The molecule has 5 aliphatic rings. The highest BCUT2D eigenvalue weighted by atomic mass is 32.2. The molecular weight excluding hydrogens is 478 g/mol. The molecular formula is C28H47NO6S. The molecule has 0 aromatic heterocycles. The molecule has 0 saturated heterocycles. The van der Waals surface area contributed by atoms with E-state index in [-0.39, 0.29) is 28.9 Å². The van der Waals surface area contributed by atoms with E-state index in [1.54, 1.807) is 0 Å². The third-order valence-electron chi connectivity index (χ3n) is 12.0. The summed E-state index contributed by atoms with van der Waals surface area (Å²) in [4.78, 5) is 12.7. The predicted molar refractivity (Wildman–Crippen MR) is 138 cm³/mol. The summed E-state index contributed by atoms with van der Waals surface area (Å²) in [6, 6.07) is 0. The fourth-order valence-corrected chi connectivity index (χ4v) is 10.9. The average Bonchev–Trinajstić information content (AvgIpc) is 3.41. The van der Waals surface area contributed by atoms with Gasteiger partial charge in [-0.25, -0.2) is 0 Å². The van der Waals surface area contributed by atoms with Gasteiger partial charge in [-0.2, -0.15) is 8.42 Å². The summed E-state index contributed by atoms with van der Waals surface area (Å²) in [7, 11) is -4.12. The second-order valence-corrected chi connectivity index (χ2v) is 15.4. The molecule has 5 rings (SSSR count). The Balaban J connectivity index is 1.23. The van der Waals surface area contributed by atoms with Crippen LogP contribution in [-0.4, -0.2) is 52.6 Å². The van der Waals surface area contributed by atoms with Crippen LogP contribution in [-0.2, 0) is 14.9 Å². The first-order valence-electron chi connectivity index (χ1n) is 14.4. The normalized spacial score (nSPS) is 46.2. The van der Waals surface area contributed by atoms with Crippen LogP contribution in [0.1, 0.15) is 97.8 Å².